The Morgan fingerprint density at radius 2 is 1.78 bits per heavy atom. The van der Waals surface area contributed by atoms with E-state index in [2.05, 4.69) is 38.0 Å². The number of para-hydroxylation sites is 1. The van der Waals surface area contributed by atoms with Gasteiger partial charge in [0.2, 0.25) is 5.43 Å². The lowest BCUT2D eigenvalue weighted by Crippen LogP contribution is -2.09. The van der Waals surface area contributed by atoms with Gasteiger partial charge in [-0.05, 0) is 60.4 Å². The topological polar surface area (TPSA) is 81.4 Å². The lowest BCUT2D eigenvalue weighted by Gasteiger charge is -2.08. The van der Waals surface area contributed by atoms with E-state index in [0.717, 1.165) is 21.1 Å². The number of hydrogen-bond donors (Lipinski definition) is 1. The van der Waals surface area contributed by atoms with E-state index >= 15 is 0 Å². The Hall–Kier alpha value is -3.40. The van der Waals surface area contributed by atoms with E-state index in [0.29, 0.717) is 44.2 Å². The standard InChI is InChI=1S/C26H18BrClN6OS/c1-2-36-26-31-30-25(33(26)17-6-4-3-5-7-17)22-21-23(34(32-22)18-11-9-16(28)10-12-18)24(35)19-13-8-15(27)14-20(19)29-21/h3-14H,2H2,1H3,(H,29,35). The molecule has 0 aliphatic carbocycles. The highest BCUT2D eigenvalue weighted by molar-refractivity contribution is 9.10. The van der Waals surface area contributed by atoms with Crippen LogP contribution >= 0.6 is 39.3 Å². The summed E-state index contributed by atoms with van der Waals surface area (Å²) in [5.74, 6) is 1.38. The van der Waals surface area contributed by atoms with Crippen LogP contribution in [0.3, 0.4) is 0 Å². The number of halogens is 2. The number of aromatic nitrogens is 6. The number of thioether (sulfide) groups is 1. The minimum absolute atomic E-state index is 0.131. The smallest absolute Gasteiger partial charge is 0.215 e. The van der Waals surface area contributed by atoms with Crippen molar-refractivity contribution in [1.29, 1.82) is 0 Å². The van der Waals surface area contributed by atoms with Crippen molar-refractivity contribution in [2.45, 2.75) is 12.1 Å². The number of nitrogens with one attached hydrogen (secondary N) is 1. The van der Waals surface area contributed by atoms with Crippen molar-refractivity contribution in [2.24, 2.45) is 0 Å². The fourth-order valence-corrected chi connectivity index (χ4v) is 5.37. The molecular weight excluding hydrogens is 560 g/mol. The number of hydrogen-bond acceptors (Lipinski definition) is 5. The summed E-state index contributed by atoms with van der Waals surface area (Å²) in [5.41, 5.74) is 3.73. The molecule has 6 rings (SSSR count). The van der Waals surface area contributed by atoms with E-state index in [-0.39, 0.29) is 5.43 Å². The van der Waals surface area contributed by atoms with Crippen LogP contribution in [0.15, 0.2) is 87.2 Å². The Morgan fingerprint density at radius 3 is 2.53 bits per heavy atom. The zero-order valence-corrected chi connectivity index (χ0v) is 22.1. The minimum Gasteiger partial charge on any atom is -0.351 e. The second-order valence-electron chi connectivity index (χ2n) is 8.01. The number of aromatic amines is 1. The van der Waals surface area contributed by atoms with Gasteiger partial charge < -0.3 is 4.98 Å². The molecule has 0 unspecified atom stereocenters. The highest BCUT2D eigenvalue weighted by atomic mass is 79.9. The van der Waals surface area contributed by atoms with Crippen LogP contribution in [0.1, 0.15) is 6.92 Å². The van der Waals surface area contributed by atoms with Crippen LogP contribution in [0.25, 0.3) is 44.8 Å². The first kappa shape index (κ1) is 23.0. The molecule has 0 saturated heterocycles. The predicted octanol–water partition coefficient (Wildman–Crippen LogP) is 6.64. The molecule has 0 aliphatic rings. The zero-order chi connectivity index (χ0) is 24.8. The molecule has 7 nitrogen and oxygen atoms in total. The van der Waals surface area contributed by atoms with Gasteiger partial charge in [-0.3, -0.25) is 9.36 Å². The molecule has 3 heterocycles. The van der Waals surface area contributed by atoms with Crippen molar-refractivity contribution in [2.75, 3.05) is 5.75 Å². The third kappa shape index (κ3) is 3.84. The van der Waals surface area contributed by atoms with Crippen LogP contribution in [0.5, 0.6) is 0 Å². The molecule has 178 valence electrons. The quantitative estimate of drug-likeness (QED) is 0.232. The molecule has 0 amide bonds. The van der Waals surface area contributed by atoms with Gasteiger partial charge in [-0.2, -0.15) is 5.10 Å². The van der Waals surface area contributed by atoms with Crippen LogP contribution < -0.4 is 5.43 Å². The monoisotopic (exact) mass is 576 g/mol. The van der Waals surface area contributed by atoms with Gasteiger partial charge in [0.05, 0.1) is 11.2 Å². The second kappa shape index (κ2) is 9.24. The van der Waals surface area contributed by atoms with Gasteiger partial charge in [-0.25, -0.2) is 4.68 Å². The molecule has 1 N–H and O–H groups in total. The van der Waals surface area contributed by atoms with Crippen LogP contribution in [0, 0.1) is 0 Å². The Bertz CT molecular complexity index is 1790. The fourth-order valence-electron chi connectivity index (χ4n) is 4.21. The van der Waals surface area contributed by atoms with Crippen molar-refractivity contribution in [3.63, 3.8) is 0 Å². The van der Waals surface area contributed by atoms with Crippen molar-refractivity contribution in [1.82, 2.24) is 29.5 Å². The first-order valence-corrected chi connectivity index (χ1v) is 13.3. The van der Waals surface area contributed by atoms with Gasteiger partial charge in [0.1, 0.15) is 11.0 Å². The predicted molar refractivity (Wildman–Crippen MR) is 149 cm³/mol. The molecule has 0 spiro atoms. The third-order valence-electron chi connectivity index (χ3n) is 5.79. The number of fused-ring (bicyclic) bond motifs is 2. The van der Waals surface area contributed by atoms with Gasteiger partial charge in [0.25, 0.3) is 0 Å². The Balaban J connectivity index is 1.72. The maximum atomic E-state index is 13.8. The second-order valence-corrected chi connectivity index (χ2v) is 10.6. The van der Waals surface area contributed by atoms with Gasteiger partial charge in [0.15, 0.2) is 16.7 Å². The first-order chi connectivity index (χ1) is 17.5. The lowest BCUT2D eigenvalue weighted by atomic mass is 10.1. The summed E-state index contributed by atoms with van der Waals surface area (Å²) in [6.07, 6.45) is 0. The van der Waals surface area contributed by atoms with Gasteiger partial charge in [-0.1, -0.05) is 64.4 Å². The van der Waals surface area contributed by atoms with Crippen LogP contribution in [-0.4, -0.2) is 35.3 Å². The summed E-state index contributed by atoms with van der Waals surface area (Å²) >= 11 is 11.2. The molecule has 10 heteroatoms. The largest absolute Gasteiger partial charge is 0.351 e. The molecule has 36 heavy (non-hydrogen) atoms. The first-order valence-electron chi connectivity index (χ1n) is 11.2. The highest BCUT2D eigenvalue weighted by Gasteiger charge is 2.25. The molecule has 0 bridgehead atoms. The Labute approximate surface area is 223 Å². The van der Waals surface area contributed by atoms with E-state index in [1.165, 1.54) is 0 Å². The summed E-state index contributed by atoms with van der Waals surface area (Å²) in [7, 11) is 0. The molecule has 0 radical (unpaired) electrons. The summed E-state index contributed by atoms with van der Waals surface area (Å²) in [4.78, 5) is 17.3. The van der Waals surface area contributed by atoms with Gasteiger partial charge in [0, 0.05) is 20.6 Å². The molecular formula is C26H18BrClN6OS. The van der Waals surface area contributed by atoms with E-state index in [4.69, 9.17) is 16.7 Å². The average molecular weight is 578 g/mol. The molecule has 0 aliphatic heterocycles. The maximum Gasteiger partial charge on any atom is 0.215 e. The highest BCUT2D eigenvalue weighted by Crippen LogP contribution is 2.32. The Kier molecular flexibility index (Phi) is 5.91. The van der Waals surface area contributed by atoms with Crippen LogP contribution in [-0.2, 0) is 0 Å². The van der Waals surface area contributed by atoms with E-state index < -0.39 is 0 Å². The SMILES string of the molecule is CCSc1nnc(-c2nn(-c3ccc(Cl)cc3)c3c(=O)c4ccc(Br)cc4[nH]c23)n1-c1ccccc1. The molecule has 0 fully saturated rings. The van der Waals surface area contributed by atoms with Gasteiger partial charge in [-0.15, -0.1) is 10.2 Å². The van der Waals surface area contributed by atoms with Crippen molar-refractivity contribution in [3.05, 3.63) is 92.5 Å². The van der Waals surface area contributed by atoms with E-state index in [1.54, 1.807) is 34.6 Å². The third-order valence-corrected chi connectivity index (χ3v) is 7.35. The van der Waals surface area contributed by atoms with Crippen LogP contribution in [0.2, 0.25) is 5.02 Å². The Morgan fingerprint density at radius 1 is 1.00 bits per heavy atom. The lowest BCUT2D eigenvalue weighted by molar-refractivity contribution is 0.877. The molecule has 6 aromatic rings. The molecule has 0 atom stereocenters. The van der Waals surface area contributed by atoms with Gasteiger partial charge >= 0.3 is 0 Å². The fraction of sp³-hybridized carbons (Fsp3) is 0.0769. The van der Waals surface area contributed by atoms with Crippen LogP contribution in [0.4, 0.5) is 0 Å². The number of benzene rings is 3. The zero-order valence-electron chi connectivity index (χ0n) is 18.9. The summed E-state index contributed by atoms with van der Waals surface area (Å²) < 4.78 is 4.49. The normalized spacial score (nSPS) is 11.5. The molecule has 3 aromatic heterocycles. The molecule has 0 saturated carbocycles. The van der Waals surface area contributed by atoms with E-state index in [9.17, 15) is 4.79 Å². The summed E-state index contributed by atoms with van der Waals surface area (Å²) in [5, 5.41) is 15.9. The van der Waals surface area contributed by atoms with Crippen molar-refractivity contribution >= 4 is 61.2 Å². The van der Waals surface area contributed by atoms with Crippen molar-refractivity contribution < 1.29 is 0 Å². The number of H-pyrrole nitrogens is 1. The maximum absolute atomic E-state index is 13.8. The summed E-state index contributed by atoms with van der Waals surface area (Å²) in [6.45, 7) is 2.07. The van der Waals surface area contributed by atoms with E-state index in [1.807, 2.05) is 59.2 Å². The minimum atomic E-state index is -0.131. The summed E-state index contributed by atoms with van der Waals surface area (Å²) in [6, 6.07) is 22.7. The number of nitrogens with zero attached hydrogens (tertiary/aromatic N) is 5. The number of pyridine rings is 1. The molecule has 3 aromatic carbocycles. The van der Waals surface area contributed by atoms with Crippen molar-refractivity contribution in [3.8, 4) is 22.9 Å². The average Bonchev–Trinajstić information content (AvgIpc) is 3.47. The number of rotatable bonds is 5.